The lowest BCUT2D eigenvalue weighted by Gasteiger charge is -2.25. The average Bonchev–Trinajstić information content (AvgIpc) is 2.90. The van der Waals surface area contributed by atoms with Gasteiger partial charge in [-0.15, -0.1) is 11.3 Å². The topological polar surface area (TPSA) is 46.3 Å². The molecule has 1 aromatic carbocycles. The summed E-state index contributed by atoms with van der Waals surface area (Å²) in [5, 5.41) is 1.91. The maximum atomic E-state index is 12.2. The van der Waals surface area contributed by atoms with Crippen molar-refractivity contribution in [3.8, 4) is 0 Å². The van der Waals surface area contributed by atoms with Gasteiger partial charge in [-0.1, -0.05) is 18.2 Å². The zero-order valence-electron chi connectivity index (χ0n) is 10.5. The molecule has 94 valence electrons. The van der Waals surface area contributed by atoms with Crippen LogP contribution in [-0.2, 0) is 0 Å². The van der Waals surface area contributed by atoms with Gasteiger partial charge in [0.2, 0.25) is 0 Å². The second-order valence-electron chi connectivity index (χ2n) is 4.24. The Bertz CT molecular complexity index is 536. The largest absolute Gasteiger partial charge is 0.399 e. The summed E-state index contributed by atoms with van der Waals surface area (Å²) >= 11 is 1.46. The molecule has 0 aliphatic rings. The molecule has 0 saturated carbocycles. The highest BCUT2D eigenvalue weighted by Gasteiger charge is 2.19. The fourth-order valence-electron chi connectivity index (χ4n) is 1.79. The highest BCUT2D eigenvalue weighted by molar-refractivity contribution is 7.12. The molecule has 0 spiro atoms. The summed E-state index contributed by atoms with van der Waals surface area (Å²) < 4.78 is 0. The normalized spacial score (nSPS) is 12.1. The van der Waals surface area contributed by atoms with E-state index in [1.54, 1.807) is 4.90 Å². The monoisotopic (exact) mass is 260 g/mol. The molecule has 0 fully saturated rings. The molecule has 0 aliphatic heterocycles. The van der Waals surface area contributed by atoms with Gasteiger partial charge in [-0.05, 0) is 36.1 Å². The summed E-state index contributed by atoms with van der Waals surface area (Å²) in [6.07, 6.45) is 0. The summed E-state index contributed by atoms with van der Waals surface area (Å²) in [4.78, 5) is 14.7. The Morgan fingerprint density at radius 1 is 1.33 bits per heavy atom. The van der Waals surface area contributed by atoms with Crippen LogP contribution in [0.4, 0.5) is 5.69 Å². The van der Waals surface area contributed by atoms with Crippen molar-refractivity contribution in [1.82, 2.24) is 4.90 Å². The molecule has 1 unspecified atom stereocenters. The molecule has 1 atom stereocenters. The number of nitrogens with two attached hydrogens (primary N) is 1. The number of nitrogens with zero attached hydrogens (tertiary/aromatic N) is 1. The summed E-state index contributed by atoms with van der Waals surface area (Å²) in [5.74, 6) is 0.0416. The van der Waals surface area contributed by atoms with Crippen LogP contribution in [0.15, 0.2) is 41.8 Å². The van der Waals surface area contributed by atoms with Crippen LogP contribution in [0.2, 0.25) is 0 Å². The molecule has 2 N–H and O–H groups in total. The van der Waals surface area contributed by atoms with Crippen molar-refractivity contribution in [3.63, 3.8) is 0 Å². The molecule has 18 heavy (non-hydrogen) atoms. The summed E-state index contributed by atoms with van der Waals surface area (Å²) in [6, 6.07) is 11.4. The van der Waals surface area contributed by atoms with Crippen LogP contribution in [0.25, 0.3) is 0 Å². The summed E-state index contributed by atoms with van der Waals surface area (Å²) in [6.45, 7) is 2.00. The van der Waals surface area contributed by atoms with Crippen molar-refractivity contribution >= 4 is 22.9 Å². The minimum Gasteiger partial charge on any atom is -0.399 e. The molecule has 0 bridgehead atoms. The summed E-state index contributed by atoms with van der Waals surface area (Å²) in [7, 11) is 1.82. The van der Waals surface area contributed by atoms with E-state index in [0.29, 0.717) is 0 Å². The van der Waals surface area contributed by atoms with Crippen LogP contribution in [0.3, 0.4) is 0 Å². The van der Waals surface area contributed by atoms with E-state index in [2.05, 4.69) is 0 Å². The molecular weight excluding hydrogens is 244 g/mol. The first kappa shape index (κ1) is 12.6. The highest BCUT2D eigenvalue weighted by atomic mass is 32.1. The molecule has 1 aromatic heterocycles. The Labute approximate surface area is 111 Å². The number of amides is 1. The Hall–Kier alpha value is -1.81. The van der Waals surface area contributed by atoms with Gasteiger partial charge in [0.05, 0.1) is 10.9 Å². The lowest BCUT2D eigenvalue weighted by molar-refractivity contribution is 0.0747. The Morgan fingerprint density at radius 3 is 2.72 bits per heavy atom. The predicted molar refractivity (Wildman–Crippen MR) is 75.7 cm³/mol. The number of nitrogen functional groups attached to an aromatic ring is 1. The van der Waals surface area contributed by atoms with Gasteiger partial charge in [0.25, 0.3) is 5.91 Å². The molecule has 2 aromatic rings. The minimum atomic E-state index is 0.00287. The first-order valence-corrected chi connectivity index (χ1v) is 6.63. The molecule has 0 saturated heterocycles. The molecule has 1 amide bonds. The third kappa shape index (κ3) is 2.54. The van der Waals surface area contributed by atoms with E-state index in [9.17, 15) is 4.79 Å². The molecule has 2 rings (SSSR count). The van der Waals surface area contributed by atoms with Crippen LogP contribution < -0.4 is 5.73 Å². The van der Waals surface area contributed by atoms with E-state index in [0.717, 1.165) is 16.1 Å². The van der Waals surface area contributed by atoms with Crippen LogP contribution in [-0.4, -0.2) is 17.9 Å². The number of rotatable bonds is 3. The Morgan fingerprint density at radius 2 is 2.11 bits per heavy atom. The molecule has 0 aliphatic carbocycles. The second-order valence-corrected chi connectivity index (χ2v) is 5.19. The zero-order valence-corrected chi connectivity index (χ0v) is 11.3. The SMILES string of the molecule is CC(c1cccc(N)c1)N(C)C(=O)c1cccs1. The maximum absolute atomic E-state index is 12.2. The van der Waals surface area contributed by atoms with Gasteiger partial charge in [0, 0.05) is 12.7 Å². The third-order valence-electron chi connectivity index (χ3n) is 3.03. The van der Waals surface area contributed by atoms with Gasteiger partial charge < -0.3 is 10.6 Å². The van der Waals surface area contributed by atoms with Crippen LogP contribution in [0.1, 0.15) is 28.2 Å². The van der Waals surface area contributed by atoms with Crippen molar-refractivity contribution < 1.29 is 4.79 Å². The summed E-state index contributed by atoms with van der Waals surface area (Å²) in [5.41, 5.74) is 7.53. The highest BCUT2D eigenvalue weighted by Crippen LogP contribution is 2.23. The number of anilines is 1. The lowest BCUT2D eigenvalue weighted by atomic mass is 10.1. The Kier molecular flexibility index (Phi) is 3.67. The van der Waals surface area contributed by atoms with Crippen molar-refractivity contribution in [2.24, 2.45) is 0 Å². The van der Waals surface area contributed by atoms with Crippen molar-refractivity contribution in [1.29, 1.82) is 0 Å². The van der Waals surface area contributed by atoms with E-state index in [1.165, 1.54) is 11.3 Å². The van der Waals surface area contributed by atoms with Crippen molar-refractivity contribution in [2.45, 2.75) is 13.0 Å². The van der Waals surface area contributed by atoms with E-state index in [1.807, 2.05) is 55.7 Å². The van der Waals surface area contributed by atoms with Crippen LogP contribution >= 0.6 is 11.3 Å². The molecule has 0 radical (unpaired) electrons. The predicted octanol–water partition coefficient (Wildman–Crippen LogP) is 3.16. The first-order chi connectivity index (χ1) is 8.59. The molecule has 1 heterocycles. The maximum Gasteiger partial charge on any atom is 0.264 e. The third-order valence-corrected chi connectivity index (χ3v) is 3.88. The minimum absolute atomic E-state index is 0.00287. The van der Waals surface area contributed by atoms with E-state index in [4.69, 9.17) is 5.73 Å². The van der Waals surface area contributed by atoms with Crippen molar-refractivity contribution in [3.05, 3.63) is 52.2 Å². The number of hydrogen-bond donors (Lipinski definition) is 1. The molecule has 4 heteroatoms. The standard InChI is InChI=1S/C14H16N2OS/c1-10(11-5-3-6-12(15)9-11)16(2)14(17)13-7-4-8-18-13/h3-10H,15H2,1-2H3. The number of carbonyl (C=O) groups is 1. The number of thiophene rings is 1. The van der Waals surface area contributed by atoms with Gasteiger partial charge in [-0.3, -0.25) is 4.79 Å². The van der Waals surface area contributed by atoms with E-state index < -0.39 is 0 Å². The number of carbonyl (C=O) groups excluding carboxylic acids is 1. The quantitative estimate of drug-likeness (QED) is 0.862. The number of hydrogen-bond acceptors (Lipinski definition) is 3. The lowest BCUT2D eigenvalue weighted by Crippen LogP contribution is -2.29. The van der Waals surface area contributed by atoms with Crippen molar-refractivity contribution in [2.75, 3.05) is 12.8 Å². The zero-order chi connectivity index (χ0) is 13.1. The van der Waals surface area contributed by atoms with Gasteiger partial charge >= 0.3 is 0 Å². The molecular formula is C14H16N2OS. The second kappa shape index (κ2) is 5.23. The van der Waals surface area contributed by atoms with E-state index in [-0.39, 0.29) is 11.9 Å². The smallest absolute Gasteiger partial charge is 0.264 e. The average molecular weight is 260 g/mol. The Balaban J connectivity index is 2.18. The van der Waals surface area contributed by atoms with E-state index >= 15 is 0 Å². The first-order valence-electron chi connectivity index (χ1n) is 5.75. The van der Waals surface area contributed by atoms with Crippen LogP contribution in [0.5, 0.6) is 0 Å². The van der Waals surface area contributed by atoms with Crippen LogP contribution in [0, 0.1) is 0 Å². The fraction of sp³-hybridized carbons (Fsp3) is 0.214. The van der Waals surface area contributed by atoms with Gasteiger partial charge in [0.1, 0.15) is 0 Å². The van der Waals surface area contributed by atoms with Gasteiger partial charge in [-0.2, -0.15) is 0 Å². The molecule has 3 nitrogen and oxygen atoms in total. The van der Waals surface area contributed by atoms with Gasteiger partial charge in [-0.25, -0.2) is 0 Å². The van der Waals surface area contributed by atoms with Gasteiger partial charge in [0.15, 0.2) is 0 Å². The number of benzene rings is 1. The fourth-order valence-corrected chi connectivity index (χ4v) is 2.50.